The minimum absolute atomic E-state index is 0.745. The number of hydrogen-bond donors (Lipinski definition) is 1. The highest BCUT2D eigenvalue weighted by Crippen LogP contribution is 2.30. The van der Waals surface area contributed by atoms with E-state index in [1.807, 2.05) is 31.3 Å². The van der Waals surface area contributed by atoms with Crippen LogP contribution in [0.25, 0.3) is 16.9 Å². The summed E-state index contributed by atoms with van der Waals surface area (Å²) < 4.78 is 2.15. The fraction of sp³-hybridized carbons (Fsp3) is 0.381. The number of rotatable bonds is 3. The largest absolute Gasteiger partial charge is 0.398 e. The molecule has 1 aromatic carbocycles. The molecule has 2 aromatic heterocycles. The molecule has 2 N–H and O–H groups in total. The number of nitrogens with two attached hydrogens (primary N) is 1. The molecular weight excluding hydrogens is 344 g/mol. The van der Waals surface area contributed by atoms with E-state index in [0.717, 1.165) is 58.7 Å². The van der Waals surface area contributed by atoms with Gasteiger partial charge in [-0.15, -0.1) is 0 Å². The molecule has 1 aliphatic rings. The zero-order valence-electron chi connectivity index (χ0n) is 15.4. The summed E-state index contributed by atoms with van der Waals surface area (Å²) >= 11 is 6.23. The first-order valence-electron chi connectivity index (χ1n) is 9.26. The van der Waals surface area contributed by atoms with E-state index in [1.165, 1.54) is 18.5 Å². The molecule has 3 aromatic rings. The third-order valence-electron chi connectivity index (χ3n) is 5.29. The minimum Gasteiger partial charge on any atom is -0.398 e. The number of fused-ring (bicyclic) bond motifs is 1. The fourth-order valence-corrected chi connectivity index (χ4v) is 4.04. The molecule has 0 bridgehead atoms. The van der Waals surface area contributed by atoms with Crippen LogP contribution < -0.4 is 5.73 Å². The maximum absolute atomic E-state index is 6.23. The Hall–Kier alpha value is -2.04. The Balaban J connectivity index is 1.82. The first-order chi connectivity index (χ1) is 12.5. The van der Waals surface area contributed by atoms with Gasteiger partial charge in [-0.25, -0.2) is 4.98 Å². The molecule has 26 heavy (non-hydrogen) atoms. The minimum atomic E-state index is 0.745. The van der Waals surface area contributed by atoms with Crippen LogP contribution in [-0.2, 0) is 6.54 Å². The Kier molecular flexibility index (Phi) is 4.63. The van der Waals surface area contributed by atoms with Gasteiger partial charge in [-0.3, -0.25) is 4.90 Å². The van der Waals surface area contributed by atoms with Crippen LogP contribution in [0.2, 0.25) is 5.02 Å². The fourth-order valence-electron chi connectivity index (χ4n) is 3.93. The Morgan fingerprint density at radius 2 is 2.12 bits per heavy atom. The maximum atomic E-state index is 6.23. The molecule has 1 aliphatic heterocycles. The van der Waals surface area contributed by atoms with Gasteiger partial charge in [0.05, 0.1) is 11.4 Å². The van der Waals surface area contributed by atoms with E-state index in [0.29, 0.717) is 0 Å². The van der Waals surface area contributed by atoms with Crippen LogP contribution in [0, 0.1) is 12.8 Å². The van der Waals surface area contributed by atoms with Gasteiger partial charge >= 0.3 is 0 Å². The maximum Gasteiger partial charge on any atom is 0.137 e. The van der Waals surface area contributed by atoms with Crippen LogP contribution in [0.3, 0.4) is 0 Å². The molecular formula is C21H25ClN4. The lowest BCUT2D eigenvalue weighted by atomic mass is 10.00. The third-order valence-corrected chi connectivity index (χ3v) is 5.71. The van der Waals surface area contributed by atoms with Crippen molar-refractivity contribution in [3.8, 4) is 11.3 Å². The molecule has 0 spiro atoms. The summed E-state index contributed by atoms with van der Waals surface area (Å²) in [4.78, 5) is 7.45. The Morgan fingerprint density at radius 3 is 2.88 bits per heavy atom. The van der Waals surface area contributed by atoms with Crippen molar-refractivity contribution in [2.45, 2.75) is 33.2 Å². The Morgan fingerprint density at radius 1 is 1.27 bits per heavy atom. The molecule has 0 amide bonds. The monoisotopic (exact) mass is 368 g/mol. The van der Waals surface area contributed by atoms with Gasteiger partial charge in [0.2, 0.25) is 0 Å². The number of pyridine rings is 1. The summed E-state index contributed by atoms with van der Waals surface area (Å²) in [5, 5.41) is 0.785. The van der Waals surface area contributed by atoms with Gasteiger partial charge in [0.15, 0.2) is 0 Å². The van der Waals surface area contributed by atoms with Crippen molar-refractivity contribution in [2.75, 3.05) is 18.8 Å². The molecule has 1 atom stereocenters. The molecule has 0 radical (unpaired) electrons. The predicted octanol–water partition coefficient (Wildman–Crippen LogP) is 4.78. The van der Waals surface area contributed by atoms with Crippen LogP contribution >= 0.6 is 11.6 Å². The second-order valence-electron chi connectivity index (χ2n) is 7.54. The molecule has 0 aliphatic carbocycles. The molecule has 3 heterocycles. The van der Waals surface area contributed by atoms with Crippen LogP contribution in [0.1, 0.15) is 31.0 Å². The number of piperidine rings is 1. The average molecular weight is 369 g/mol. The number of hydrogen-bond acceptors (Lipinski definition) is 3. The standard InChI is InChI=1S/C21H25ClN4/c1-14-4-3-9-25(11-14)13-19-21(16-5-7-18(22)15(2)10-16)24-20-8-6-17(23)12-26(19)20/h5-8,10,12,14H,3-4,9,11,13,23H2,1-2H3. The Labute approximate surface area is 159 Å². The first kappa shape index (κ1) is 17.4. The number of aromatic nitrogens is 2. The summed E-state index contributed by atoms with van der Waals surface area (Å²) in [6.45, 7) is 7.52. The molecule has 0 saturated carbocycles. The van der Waals surface area contributed by atoms with Gasteiger partial charge in [0.1, 0.15) is 5.65 Å². The number of imidazole rings is 1. The number of halogens is 1. The van der Waals surface area contributed by atoms with E-state index in [4.69, 9.17) is 22.3 Å². The van der Waals surface area contributed by atoms with Gasteiger partial charge < -0.3 is 10.1 Å². The first-order valence-corrected chi connectivity index (χ1v) is 9.64. The number of benzene rings is 1. The summed E-state index contributed by atoms with van der Waals surface area (Å²) in [5.74, 6) is 0.745. The lowest BCUT2D eigenvalue weighted by Gasteiger charge is -2.30. The number of anilines is 1. The van der Waals surface area contributed by atoms with E-state index in [2.05, 4.69) is 28.4 Å². The molecule has 1 unspecified atom stereocenters. The molecule has 5 heteroatoms. The SMILES string of the molecule is Cc1cc(-c2nc3ccc(N)cn3c2CN2CCCC(C)C2)ccc1Cl. The summed E-state index contributed by atoms with van der Waals surface area (Å²) in [6, 6.07) is 10.0. The van der Waals surface area contributed by atoms with E-state index in [9.17, 15) is 0 Å². The van der Waals surface area contributed by atoms with Gasteiger partial charge in [-0.2, -0.15) is 0 Å². The smallest absolute Gasteiger partial charge is 0.137 e. The normalized spacial score (nSPS) is 18.5. The second kappa shape index (κ2) is 6.93. The lowest BCUT2D eigenvalue weighted by Crippen LogP contribution is -2.34. The van der Waals surface area contributed by atoms with Gasteiger partial charge in [-0.1, -0.05) is 24.6 Å². The highest BCUT2D eigenvalue weighted by Gasteiger charge is 2.21. The highest BCUT2D eigenvalue weighted by atomic mass is 35.5. The van der Waals surface area contributed by atoms with Crippen molar-refractivity contribution in [1.82, 2.24) is 14.3 Å². The van der Waals surface area contributed by atoms with Crippen molar-refractivity contribution < 1.29 is 0 Å². The average Bonchev–Trinajstić information content (AvgIpc) is 2.95. The molecule has 4 rings (SSSR count). The van der Waals surface area contributed by atoms with Crippen molar-refractivity contribution in [1.29, 1.82) is 0 Å². The second-order valence-corrected chi connectivity index (χ2v) is 7.95. The van der Waals surface area contributed by atoms with Crippen molar-refractivity contribution >= 4 is 22.9 Å². The molecule has 136 valence electrons. The van der Waals surface area contributed by atoms with Crippen molar-refractivity contribution in [3.05, 3.63) is 52.8 Å². The van der Waals surface area contributed by atoms with E-state index in [-0.39, 0.29) is 0 Å². The topological polar surface area (TPSA) is 46.6 Å². The van der Waals surface area contributed by atoms with E-state index >= 15 is 0 Å². The summed E-state index contributed by atoms with van der Waals surface area (Å²) in [6.07, 6.45) is 4.56. The summed E-state index contributed by atoms with van der Waals surface area (Å²) in [7, 11) is 0. The molecule has 1 saturated heterocycles. The van der Waals surface area contributed by atoms with Crippen LogP contribution in [-0.4, -0.2) is 27.4 Å². The van der Waals surface area contributed by atoms with Gasteiger partial charge in [-0.05, 0) is 62.1 Å². The number of aryl methyl sites for hydroxylation is 1. The highest BCUT2D eigenvalue weighted by molar-refractivity contribution is 6.31. The van der Waals surface area contributed by atoms with Crippen LogP contribution in [0.15, 0.2) is 36.5 Å². The van der Waals surface area contributed by atoms with Gasteiger partial charge in [0, 0.05) is 35.6 Å². The van der Waals surface area contributed by atoms with Crippen molar-refractivity contribution in [2.24, 2.45) is 5.92 Å². The van der Waals surface area contributed by atoms with E-state index < -0.39 is 0 Å². The van der Waals surface area contributed by atoms with E-state index in [1.54, 1.807) is 0 Å². The van der Waals surface area contributed by atoms with Crippen LogP contribution in [0.4, 0.5) is 5.69 Å². The zero-order chi connectivity index (χ0) is 18.3. The molecule has 4 nitrogen and oxygen atoms in total. The predicted molar refractivity (Wildman–Crippen MR) is 108 cm³/mol. The van der Waals surface area contributed by atoms with Crippen LogP contribution in [0.5, 0.6) is 0 Å². The number of likely N-dealkylation sites (tertiary alicyclic amines) is 1. The quantitative estimate of drug-likeness (QED) is 0.723. The third kappa shape index (κ3) is 3.31. The molecule has 1 fully saturated rings. The zero-order valence-corrected chi connectivity index (χ0v) is 16.1. The Bertz CT molecular complexity index is 947. The van der Waals surface area contributed by atoms with Crippen molar-refractivity contribution in [3.63, 3.8) is 0 Å². The van der Waals surface area contributed by atoms with Gasteiger partial charge in [0.25, 0.3) is 0 Å². The summed E-state index contributed by atoms with van der Waals surface area (Å²) in [5.41, 5.74) is 12.1. The number of nitrogens with zero attached hydrogens (tertiary/aromatic N) is 3. The number of nitrogen functional groups attached to an aromatic ring is 1. The lowest BCUT2D eigenvalue weighted by molar-refractivity contribution is 0.174.